The van der Waals surface area contributed by atoms with Crippen LogP contribution >= 0.6 is 0 Å². The van der Waals surface area contributed by atoms with Gasteiger partial charge in [0.25, 0.3) is 0 Å². The number of hydrogen-bond acceptors (Lipinski definition) is 5. The molecule has 0 saturated heterocycles. The van der Waals surface area contributed by atoms with Crippen LogP contribution in [-0.2, 0) is 10.0 Å². The molecular formula is C13H22N2O4S. The summed E-state index contributed by atoms with van der Waals surface area (Å²) in [6.45, 7) is 5.13. The summed E-state index contributed by atoms with van der Waals surface area (Å²) in [7, 11) is -1.77. The molecule has 1 aromatic carbocycles. The second kappa shape index (κ2) is 6.53. The Kier molecular flexibility index (Phi) is 5.52. The minimum absolute atomic E-state index is 0.0593. The van der Waals surface area contributed by atoms with Crippen LogP contribution in [0.1, 0.15) is 13.8 Å². The van der Waals surface area contributed by atoms with Gasteiger partial charge in [0.1, 0.15) is 12.4 Å². The van der Waals surface area contributed by atoms with E-state index in [1.807, 2.05) is 11.9 Å². The zero-order valence-corrected chi connectivity index (χ0v) is 12.9. The number of sulfonamides is 1. The van der Waals surface area contributed by atoms with Gasteiger partial charge in [-0.2, -0.15) is 0 Å². The molecule has 0 atom stereocenters. The number of ether oxygens (including phenoxy) is 1. The largest absolute Gasteiger partial charge is 0.492 e. The Bertz CT molecular complexity index is 520. The Morgan fingerprint density at radius 2 is 1.85 bits per heavy atom. The van der Waals surface area contributed by atoms with E-state index in [0.29, 0.717) is 25.4 Å². The summed E-state index contributed by atoms with van der Waals surface area (Å²) < 4.78 is 27.7. The smallest absolute Gasteiger partial charge is 0.238 e. The third-order valence-electron chi connectivity index (χ3n) is 2.55. The van der Waals surface area contributed by atoms with Crippen LogP contribution in [0, 0.1) is 0 Å². The van der Waals surface area contributed by atoms with Crippen LogP contribution in [0.2, 0.25) is 0 Å². The van der Waals surface area contributed by atoms with Crippen LogP contribution < -0.4 is 9.88 Å². The van der Waals surface area contributed by atoms with Crippen LogP contribution in [0.5, 0.6) is 5.75 Å². The summed E-state index contributed by atoms with van der Waals surface area (Å²) >= 11 is 0. The number of rotatable bonds is 7. The Hall–Kier alpha value is -1.15. The second-order valence-corrected chi connectivity index (χ2v) is 6.98. The summed E-state index contributed by atoms with van der Waals surface area (Å²) in [5.74, 6) is 0.578. The van der Waals surface area contributed by atoms with Crippen LogP contribution in [0.3, 0.4) is 0 Å². The molecule has 0 bridgehead atoms. The van der Waals surface area contributed by atoms with Crippen molar-refractivity contribution >= 4 is 10.0 Å². The van der Waals surface area contributed by atoms with Gasteiger partial charge in [-0.1, -0.05) is 0 Å². The summed E-state index contributed by atoms with van der Waals surface area (Å²) in [5, 5.41) is 14.7. The SMILES string of the molecule is CN(CCOc1ccc(S(N)(=O)=O)cc1)CC(C)(C)O. The Balaban J connectivity index is 2.43. The fourth-order valence-electron chi connectivity index (χ4n) is 1.78. The van der Waals surface area contributed by atoms with E-state index in [-0.39, 0.29) is 4.90 Å². The molecule has 0 aliphatic rings. The number of benzene rings is 1. The van der Waals surface area contributed by atoms with Crippen molar-refractivity contribution in [1.29, 1.82) is 0 Å². The van der Waals surface area contributed by atoms with Gasteiger partial charge >= 0.3 is 0 Å². The quantitative estimate of drug-likeness (QED) is 0.761. The average molecular weight is 302 g/mol. The fourth-order valence-corrected chi connectivity index (χ4v) is 2.30. The monoisotopic (exact) mass is 302 g/mol. The van der Waals surface area contributed by atoms with E-state index in [1.54, 1.807) is 26.0 Å². The van der Waals surface area contributed by atoms with Gasteiger partial charge < -0.3 is 14.7 Å². The maximum absolute atomic E-state index is 11.1. The van der Waals surface area contributed by atoms with Crippen molar-refractivity contribution in [3.05, 3.63) is 24.3 Å². The molecule has 1 aromatic rings. The molecule has 0 heterocycles. The van der Waals surface area contributed by atoms with Crippen molar-refractivity contribution in [2.75, 3.05) is 26.7 Å². The van der Waals surface area contributed by atoms with E-state index in [1.165, 1.54) is 12.1 Å². The van der Waals surface area contributed by atoms with Gasteiger partial charge in [0.05, 0.1) is 10.5 Å². The molecule has 0 fully saturated rings. The molecule has 1 rings (SSSR count). The van der Waals surface area contributed by atoms with Crippen LogP contribution in [0.15, 0.2) is 29.2 Å². The summed E-state index contributed by atoms with van der Waals surface area (Å²) in [5.41, 5.74) is -0.744. The first kappa shape index (κ1) is 16.9. The first-order chi connectivity index (χ1) is 9.08. The van der Waals surface area contributed by atoms with E-state index in [9.17, 15) is 13.5 Å². The molecule has 0 unspecified atom stereocenters. The number of likely N-dealkylation sites (N-methyl/N-ethyl adjacent to an activating group) is 1. The highest BCUT2D eigenvalue weighted by Crippen LogP contribution is 2.14. The molecular weight excluding hydrogens is 280 g/mol. The van der Waals surface area contributed by atoms with Crippen LogP contribution in [0.25, 0.3) is 0 Å². The maximum Gasteiger partial charge on any atom is 0.238 e. The summed E-state index contributed by atoms with van der Waals surface area (Å²) in [4.78, 5) is 2.02. The number of nitrogens with zero attached hydrogens (tertiary/aromatic N) is 1. The maximum atomic E-state index is 11.1. The van der Waals surface area contributed by atoms with Gasteiger partial charge in [0, 0.05) is 13.1 Å². The van der Waals surface area contributed by atoms with Gasteiger partial charge in [0.15, 0.2) is 0 Å². The van der Waals surface area contributed by atoms with Crippen LogP contribution in [-0.4, -0.2) is 50.8 Å². The van der Waals surface area contributed by atoms with Crippen molar-refractivity contribution in [1.82, 2.24) is 4.90 Å². The molecule has 0 saturated carbocycles. The molecule has 0 aliphatic carbocycles. The molecule has 3 N–H and O–H groups in total. The first-order valence-electron chi connectivity index (χ1n) is 6.24. The minimum Gasteiger partial charge on any atom is -0.492 e. The molecule has 6 nitrogen and oxygen atoms in total. The average Bonchev–Trinajstić information content (AvgIpc) is 2.26. The lowest BCUT2D eigenvalue weighted by atomic mass is 10.1. The molecule has 0 aromatic heterocycles. The molecule has 0 radical (unpaired) electrons. The first-order valence-corrected chi connectivity index (χ1v) is 7.79. The standard InChI is InChI=1S/C13H22N2O4S/c1-13(2,16)10-15(3)8-9-19-11-4-6-12(7-5-11)20(14,17)18/h4-7,16H,8-10H2,1-3H3,(H2,14,17,18). The van der Waals surface area contributed by atoms with Gasteiger partial charge in [-0.25, -0.2) is 13.6 Å². The van der Waals surface area contributed by atoms with Crippen molar-refractivity contribution in [2.24, 2.45) is 5.14 Å². The minimum atomic E-state index is -3.67. The van der Waals surface area contributed by atoms with Gasteiger partial charge in [-0.15, -0.1) is 0 Å². The summed E-state index contributed by atoms with van der Waals surface area (Å²) in [6.07, 6.45) is 0. The van der Waals surface area contributed by atoms with E-state index < -0.39 is 15.6 Å². The third kappa shape index (κ3) is 6.33. The van der Waals surface area contributed by atoms with E-state index in [2.05, 4.69) is 0 Å². The van der Waals surface area contributed by atoms with Crippen molar-refractivity contribution in [2.45, 2.75) is 24.3 Å². The Labute approximate surface area is 120 Å². The highest BCUT2D eigenvalue weighted by Gasteiger charge is 2.15. The number of primary sulfonamides is 1. The number of nitrogens with two attached hydrogens (primary N) is 1. The molecule has 0 aliphatic heterocycles. The molecule has 0 spiro atoms. The normalized spacial score (nSPS) is 12.7. The van der Waals surface area contributed by atoms with Crippen molar-refractivity contribution in [3.63, 3.8) is 0 Å². The topological polar surface area (TPSA) is 92.9 Å². The van der Waals surface area contributed by atoms with Gasteiger partial charge in [-0.05, 0) is 45.2 Å². The van der Waals surface area contributed by atoms with E-state index in [0.717, 1.165) is 0 Å². The van der Waals surface area contributed by atoms with E-state index in [4.69, 9.17) is 9.88 Å². The molecule has 0 amide bonds. The molecule has 114 valence electrons. The zero-order valence-electron chi connectivity index (χ0n) is 12.0. The summed E-state index contributed by atoms with van der Waals surface area (Å²) in [6, 6.07) is 5.95. The predicted molar refractivity (Wildman–Crippen MR) is 77.1 cm³/mol. The number of hydrogen-bond donors (Lipinski definition) is 2. The highest BCUT2D eigenvalue weighted by atomic mass is 32.2. The van der Waals surface area contributed by atoms with E-state index >= 15 is 0 Å². The fraction of sp³-hybridized carbons (Fsp3) is 0.538. The van der Waals surface area contributed by atoms with Gasteiger partial charge in [0.2, 0.25) is 10.0 Å². The highest BCUT2D eigenvalue weighted by molar-refractivity contribution is 7.89. The molecule has 20 heavy (non-hydrogen) atoms. The predicted octanol–water partition coefficient (Wildman–Crippen LogP) is 0.416. The van der Waals surface area contributed by atoms with Crippen LogP contribution in [0.4, 0.5) is 0 Å². The lowest BCUT2D eigenvalue weighted by molar-refractivity contribution is 0.0411. The van der Waals surface area contributed by atoms with Crippen molar-refractivity contribution in [3.8, 4) is 5.75 Å². The lowest BCUT2D eigenvalue weighted by Gasteiger charge is -2.25. The zero-order chi connectivity index (χ0) is 15.4. The Morgan fingerprint density at radius 3 is 2.30 bits per heavy atom. The Morgan fingerprint density at radius 1 is 1.30 bits per heavy atom. The lowest BCUT2D eigenvalue weighted by Crippen LogP contribution is -2.38. The van der Waals surface area contributed by atoms with Crippen molar-refractivity contribution < 1.29 is 18.3 Å². The third-order valence-corrected chi connectivity index (χ3v) is 3.48. The molecule has 7 heteroatoms. The second-order valence-electron chi connectivity index (χ2n) is 5.42. The number of aliphatic hydroxyl groups is 1. The van der Waals surface area contributed by atoms with Gasteiger partial charge in [-0.3, -0.25) is 0 Å².